The molecule has 0 aliphatic carbocycles. The Kier molecular flexibility index (Phi) is 11.3. The van der Waals surface area contributed by atoms with Gasteiger partial charge in [-0.3, -0.25) is 14.7 Å². The van der Waals surface area contributed by atoms with Crippen LogP contribution in [-0.2, 0) is 9.59 Å². The van der Waals surface area contributed by atoms with Gasteiger partial charge in [-0.05, 0) is 24.6 Å². The number of unbranched alkanes of at least 4 members (excludes halogenated alkanes) is 8. The summed E-state index contributed by atoms with van der Waals surface area (Å²) < 4.78 is 0. The van der Waals surface area contributed by atoms with Crippen molar-refractivity contribution in [1.82, 2.24) is 4.90 Å². The number of carboxylic acid groups (broad SMARTS) is 1. The first-order valence-electron chi connectivity index (χ1n) is 9.58. The summed E-state index contributed by atoms with van der Waals surface area (Å²) in [7, 11) is 0. The van der Waals surface area contributed by atoms with Gasteiger partial charge in [-0.15, -0.1) is 0 Å². The van der Waals surface area contributed by atoms with Crippen LogP contribution < -0.4 is 0 Å². The molecule has 25 heavy (non-hydrogen) atoms. The van der Waals surface area contributed by atoms with Gasteiger partial charge in [-0.25, -0.2) is 4.79 Å². The first-order valence-corrected chi connectivity index (χ1v) is 10.4. The molecular formula is C19H32N2O3S. The van der Waals surface area contributed by atoms with Gasteiger partial charge in [-0.2, -0.15) is 0 Å². The molecule has 0 aromatic carbocycles. The Morgan fingerprint density at radius 2 is 1.64 bits per heavy atom. The van der Waals surface area contributed by atoms with Gasteiger partial charge in [-0.1, -0.05) is 65.2 Å². The second kappa shape index (κ2) is 13.0. The molecule has 142 valence electrons. The molecule has 6 heteroatoms. The summed E-state index contributed by atoms with van der Waals surface area (Å²) in [5, 5.41) is 9.60. The van der Waals surface area contributed by atoms with Gasteiger partial charge in [0, 0.05) is 19.2 Å². The Hall–Kier alpha value is -1.30. The van der Waals surface area contributed by atoms with E-state index in [1.54, 1.807) is 4.90 Å². The minimum Gasteiger partial charge on any atom is -0.478 e. The van der Waals surface area contributed by atoms with Crippen molar-refractivity contribution in [2.75, 3.05) is 13.1 Å². The van der Waals surface area contributed by atoms with Gasteiger partial charge in [0.15, 0.2) is 5.17 Å². The molecule has 0 saturated carbocycles. The quantitative estimate of drug-likeness (QED) is 0.373. The number of carbonyl (C=O) groups is 2. The summed E-state index contributed by atoms with van der Waals surface area (Å²) in [6.07, 6.45) is 12.5. The van der Waals surface area contributed by atoms with Crippen LogP contribution in [0.3, 0.4) is 0 Å². The molecule has 1 fully saturated rings. The van der Waals surface area contributed by atoms with Crippen LogP contribution in [0.25, 0.3) is 0 Å². The zero-order valence-corrected chi connectivity index (χ0v) is 16.4. The van der Waals surface area contributed by atoms with E-state index in [2.05, 4.69) is 18.8 Å². The van der Waals surface area contributed by atoms with Crippen molar-refractivity contribution < 1.29 is 14.7 Å². The van der Waals surface area contributed by atoms with E-state index in [1.165, 1.54) is 50.3 Å². The number of hydrogen-bond acceptors (Lipinski definition) is 4. The first-order chi connectivity index (χ1) is 12.1. The summed E-state index contributed by atoms with van der Waals surface area (Å²) >= 11 is 1.20. The molecule has 5 nitrogen and oxygen atoms in total. The molecule has 1 saturated heterocycles. The predicted molar refractivity (Wildman–Crippen MR) is 105 cm³/mol. The molecule has 1 N–H and O–H groups in total. The molecule has 0 radical (unpaired) electrons. The number of carboxylic acids is 1. The summed E-state index contributed by atoms with van der Waals surface area (Å²) in [5.41, 5.74) is 0. The van der Waals surface area contributed by atoms with Crippen LogP contribution in [0.5, 0.6) is 0 Å². The second-order valence-electron chi connectivity index (χ2n) is 6.40. The van der Waals surface area contributed by atoms with Crippen LogP contribution in [-0.4, -0.2) is 40.1 Å². The van der Waals surface area contributed by atoms with Gasteiger partial charge in [0.25, 0.3) is 5.91 Å². The highest BCUT2D eigenvalue weighted by Crippen LogP contribution is 2.31. The lowest BCUT2D eigenvalue weighted by molar-refractivity contribution is -0.132. The molecule has 1 heterocycles. The van der Waals surface area contributed by atoms with Crippen molar-refractivity contribution in [3.63, 3.8) is 0 Å². The largest absolute Gasteiger partial charge is 0.478 e. The summed E-state index contributed by atoms with van der Waals surface area (Å²) in [6.45, 7) is 5.69. The Bertz CT molecular complexity index is 489. The third-order valence-corrected chi connectivity index (χ3v) is 5.18. The van der Waals surface area contributed by atoms with E-state index >= 15 is 0 Å². The third kappa shape index (κ3) is 8.56. The normalized spacial score (nSPS) is 17.8. The third-order valence-electron chi connectivity index (χ3n) is 4.14. The van der Waals surface area contributed by atoms with Gasteiger partial charge in [0.2, 0.25) is 0 Å². The lowest BCUT2D eigenvalue weighted by atomic mass is 10.1. The van der Waals surface area contributed by atoms with Crippen LogP contribution in [0.4, 0.5) is 0 Å². The molecule has 1 aliphatic heterocycles. The van der Waals surface area contributed by atoms with Crippen molar-refractivity contribution in [2.45, 2.75) is 78.1 Å². The maximum Gasteiger partial charge on any atom is 0.329 e. The number of rotatable bonds is 13. The lowest BCUT2D eigenvalue weighted by Gasteiger charge is -2.15. The average molecular weight is 369 g/mol. The van der Waals surface area contributed by atoms with Gasteiger partial charge < -0.3 is 5.11 Å². The highest BCUT2D eigenvalue weighted by Gasteiger charge is 2.33. The maximum atomic E-state index is 12.4. The topological polar surface area (TPSA) is 70.0 Å². The number of thioether (sulfide) groups is 1. The predicted octanol–water partition coefficient (Wildman–Crippen LogP) is 4.83. The van der Waals surface area contributed by atoms with Gasteiger partial charge in [0.1, 0.15) is 0 Å². The van der Waals surface area contributed by atoms with E-state index in [-0.39, 0.29) is 10.8 Å². The number of amidine groups is 1. The van der Waals surface area contributed by atoms with E-state index < -0.39 is 5.97 Å². The zero-order chi connectivity index (χ0) is 18.5. The Balaban J connectivity index is 2.59. The Labute approximate surface area is 156 Å². The van der Waals surface area contributed by atoms with Crippen LogP contribution >= 0.6 is 11.8 Å². The van der Waals surface area contributed by atoms with Crippen LogP contribution in [0.15, 0.2) is 16.0 Å². The molecule has 0 aromatic rings. The molecule has 0 unspecified atom stereocenters. The molecule has 0 aromatic heterocycles. The van der Waals surface area contributed by atoms with E-state index in [0.29, 0.717) is 18.3 Å². The van der Waals surface area contributed by atoms with E-state index in [9.17, 15) is 9.59 Å². The SMILES string of the molecule is CCCCCCCN=C1S/C(=C\C(=O)O)C(=O)N1CCCCCCC. The van der Waals surface area contributed by atoms with E-state index in [1.807, 2.05) is 0 Å². The monoisotopic (exact) mass is 368 g/mol. The summed E-state index contributed by atoms with van der Waals surface area (Å²) in [5.74, 6) is -1.30. The zero-order valence-electron chi connectivity index (χ0n) is 15.6. The summed E-state index contributed by atoms with van der Waals surface area (Å²) in [6, 6.07) is 0. The van der Waals surface area contributed by atoms with Crippen molar-refractivity contribution >= 4 is 28.8 Å². The van der Waals surface area contributed by atoms with Crippen LogP contribution in [0.1, 0.15) is 78.1 Å². The number of amides is 1. The van der Waals surface area contributed by atoms with Crippen molar-refractivity contribution in [2.24, 2.45) is 4.99 Å². The van der Waals surface area contributed by atoms with Crippen molar-refractivity contribution in [1.29, 1.82) is 0 Å². The molecule has 1 amide bonds. The smallest absolute Gasteiger partial charge is 0.329 e. The lowest BCUT2D eigenvalue weighted by Crippen LogP contribution is -2.30. The van der Waals surface area contributed by atoms with E-state index in [4.69, 9.17) is 5.11 Å². The highest BCUT2D eigenvalue weighted by molar-refractivity contribution is 8.18. The number of hydrogen-bond donors (Lipinski definition) is 1. The van der Waals surface area contributed by atoms with Gasteiger partial charge in [0.05, 0.1) is 4.91 Å². The fraction of sp³-hybridized carbons (Fsp3) is 0.737. The number of nitrogens with zero attached hydrogens (tertiary/aromatic N) is 2. The van der Waals surface area contributed by atoms with Crippen LogP contribution in [0.2, 0.25) is 0 Å². The molecule has 1 rings (SSSR count). The Morgan fingerprint density at radius 1 is 1.04 bits per heavy atom. The first kappa shape index (κ1) is 21.7. The van der Waals surface area contributed by atoms with Crippen LogP contribution in [0, 0.1) is 0 Å². The molecule has 0 bridgehead atoms. The van der Waals surface area contributed by atoms with Crippen molar-refractivity contribution in [3.05, 3.63) is 11.0 Å². The molecular weight excluding hydrogens is 336 g/mol. The maximum absolute atomic E-state index is 12.4. The van der Waals surface area contributed by atoms with Crippen molar-refractivity contribution in [3.8, 4) is 0 Å². The number of aliphatic carboxylic acids is 1. The minimum atomic E-state index is -1.08. The minimum absolute atomic E-state index is 0.215. The Morgan fingerprint density at radius 3 is 2.24 bits per heavy atom. The fourth-order valence-electron chi connectivity index (χ4n) is 2.70. The van der Waals surface area contributed by atoms with E-state index in [0.717, 1.165) is 31.8 Å². The van der Waals surface area contributed by atoms with Gasteiger partial charge >= 0.3 is 5.97 Å². The average Bonchev–Trinajstić information content (AvgIpc) is 2.86. The molecule has 0 atom stereocenters. The standard InChI is InChI=1S/C19H32N2O3S/c1-3-5-7-9-11-13-20-19-21(14-12-10-8-6-4-2)18(24)16(25-19)15-17(22)23/h15H,3-14H2,1-2H3,(H,22,23)/b16-15-,20-19?. The molecule has 0 spiro atoms. The highest BCUT2D eigenvalue weighted by atomic mass is 32.2. The number of carbonyl (C=O) groups excluding carboxylic acids is 1. The second-order valence-corrected chi connectivity index (χ2v) is 7.41. The molecule has 1 aliphatic rings. The summed E-state index contributed by atoms with van der Waals surface area (Å²) in [4.78, 5) is 29.9. The fourth-order valence-corrected chi connectivity index (χ4v) is 3.69. The number of aliphatic imine (C=N–C) groups is 1.